The maximum Gasteiger partial charge on any atom is 0.325 e. The average molecular weight is 339 g/mol. The summed E-state index contributed by atoms with van der Waals surface area (Å²) in [6.45, 7) is 3.57. The van der Waals surface area contributed by atoms with Crippen molar-refractivity contribution in [2.24, 2.45) is 0 Å². The number of Topliss-reactive ketones (excluding diaryl/α,β-unsaturated/α-hetero) is 1. The van der Waals surface area contributed by atoms with Gasteiger partial charge in [0.1, 0.15) is 18.7 Å². The van der Waals surface area contributed by atoms with E-state index in [-0.39, 0.29) is 18.3 Å². The van der Waals surface area contributed by atoms with Gasteiger partial charge in [-0.1, -0.05) is 0 Å². The number of fused-ring (bicyclic) bond motifs is 1. The Morgan fingerprint density at radius 3 is 2.68 bits per heavy atom. The second kappa shape index (κ2) is 7.08. The predicted octanol–water partition coefficient (Wildman–Crippen LogP) is 2.34. The Morgan fingerprint density at radius 2 is 2.00 bits per heavy atom. The fourth-order valence-corrected chi connectivity index (χ4v) is 2.52. The van der Waals surface area contributed by atoms with Crippen molar-refractivity contribution in [2.75, 3.05) is 11.9 Å². The van der Waals surface area contributed by atoms with Crippen LogP contribution in [0.5, 0.6) is 0 Å². The van der Waals surface area contributed by atoms with Gasteiger partial charge in [-0.15, -0.1) is 0 Å². The van der Waals surface area contributed by atoms with Crippen LogP contribution in [0, 0.1) is 0 Å². The molecule has 0 spiro atoms. The van der Waals surface area contributed by atoms with E-state index in [2.05, 4.69) is 20.3 Å². The molecule has 0 saturated carbocycles. The van der Waals surface area contributed by atoms with E-state index in [1.54, 1.807) is 42.3 Å². The molecule has 0 unspecified atom stereocenters. The van der Waals surface area contributed by atoms with Crippen molar-refractivity contribution >= 4 is 34.2 Å². The molecule has 0 radical (unpaired) electrons. The molecule has 0 aliphatic heterocycles. The molecular weight excluding hydrogens is 322 g/mol. The summed E-state index contributed by atoms with van der Waals surface area (Å²) >= 11 is 0. The summed E-state index contributed by atoms with van der Waals surface area (Å²) in [4.78, 5) is 35.9. The number of hydrogen-bond donors (Lipinski definition) is 1. The van der Waals surface area contributed by atoms with Crippen molar-refractivity contribution in [1.82, 2.24) is 19.5 Å². The highest BCUT2D eigenvalue weighted by atomic mass is 16.5. The van der Waals surface area contributed by atoms with Crippen LogP contribution in [-0.2, 0) is 16.1 Å². The molecule has 0 saturated heterocycles. The van der Waals surface area contributed by atoms with E-state index in [0.29, 0.717) is 34.6 Å². The SMILES string of the molecule is CCOC(=O)Cn1cc(C(C)=O)c2cc(Nc3cncnc3)ncc21. The third-order valence-electron chi connectivity index (χ3n) is 3.58. The zero-order valence-electron chi connectivity index (χ0n) is 13.9. The molecule has 8 heteroatoms. The van der Waals surface area contributed by atoms with Gasteiger partial charge in [-0.3, -0.25) is 9.59 Å². The Bertz CT molecular complexity index is 921. The molecular formula is C17H17N5O3. The lowest BCUT2D eigenvalue weighted by Crippen LogP contribution is -2.12. The number of rotatable bonds is 6. The van der Waals surface area contributed by atoms with Crippen molar-refractivity contribution in [3.05, 3.63) is 42.7 Å². The number of hydrogen-bond acceptors (Lipinski definition) is 7. The smallest absolute Gasteiger partial charge is 0.325 e. The Kier molecular flexibility index (Phi) is 4.69. The maximum absolute atomic E-state index is 12.0. The van der Waals surface area contributed by atoms with Gasteiger partial charge >= 0.3 is 5.97 Å². The van der Waals surface area contributed by atoms with E-state index in [4.69, 9.17) is 4.74 Å². The van der Waals surface area contributed by atoms with Gasteiger partial charge in [-0.05, 0) is 19.9 Å². The number of esters is 1. The molecule has 0 amide bonds. The normalized spacial score (nSPS) is 10.6. The van der Waals surface area contributed by atoms with Crippen molar-refractivity contribution < 1.29 is 14.3 Å². The molecule has 8 nitrogen and oxygen atoms in total. The van der Waals surface area contributed by atoms with Crippen LogP contribution in [0.4, 0.5) is 11.5 Å². The molecule has 3 heterocycles. The topological polar surface area (TPSA) is 99.0 Å². The zero-order chi connectivity index (χ0) is 17.8. The third kappa shape index (κ3) is 3.63. The van der Waals surface area contributed by atoms with E-state index >= 15 is 0 Å². The standard InChI is InChI=1S/C17H17N5O3/c1-3-25-17(24)9-22-8-14(11(2)23)13-4-16(20-7-15(13)22)21-12-5-18-10-19-6-12/h4-8,10H,3,9H2,1-2H3,(H,20,21). The minimum Gasteiger partial charge on any atom is -0.465 e. The van der Waals surface area contributed by atoms with E-state index in [1.165, 1.54) is 13.3 Å². The van der Waals surface area contributed by atoms with E-state index in [9.17, 15) is 9.59 Å². The monoisotopic (exact) mass is 339 g/mol. The Balaban J connectivity index is 1.98. The number of carbonyl (C=O) groups is 2. The summed E-state index contributed by atoms with van der Waals surface area (Å²) in [5, 5.41) is 3.80. The van der Waals surface area contributed by atoms with Crippen molar-refractivity contribution in [3.63, 3.8) is 0 Å². The first-order valence-corrected chi connectivity index (χ1v) is 7.76. The maximum atomic E-state index is 12.0. The highest BCUT2D eigenvalue weighted by Gasteiger charge is 2.15. The van der Waals surface area contributed by atoms with Gasteiger partial charge in [0.2, 0.25) is 0 Å². The number of aromatic nitrogens is 4. The third-order valence-corrected chi connectivity index (χ3v) is 3.58. The summed E-state index contributed by atoms with van der Waals surface area (Å²) in [7, 11) is 0. The van der Waals surface area contributed by atoms with Crippen LogP contribution in [0.25, 0.3) is 10.9 Å². The molecule has 0 atom stereocenters. The van der Waals surface area contributed by atoms with Crippen molar-refractivity contribution in [3.8, 4) is 0 Å². The lowest BCUT2D eigenvalue weighted by atomic mass is 10.1. The highest BCUT2D eigenvalue weighted by molar-refractivity contribution is 6.07. The van der Waals surface area contributed by atoms with Crippen LogP contribution >= 0.6 is 0 Å². The van der Waals surface area contributed by atoms with Crippen molar-refractivity contribution in [1.29, 1.82) is 0 Å². The van der Waals surface area contributed by atoms with Crippen molar-refractivity contribution in [2.45, 2.75) is 20.4 Å². The Morgan fingerprint density at radius 1 is 1.24 bits per heavy atom. The predicted molar refractivity (Wildman–Crippen MR) is 91.7 cm³/mol. The molecule has 0 aromatic carbocycles. The second-order valence-corrected chi connectivity index (χ2v) is 5.37. The molecule has 0 aliphatic rings. The molecule has 3 aromatic heterocycles. The van der Waals surface area contributed by atoms with Gasteiger partial charge < -0.3 is 14.6 Å². The van der Waals surface area contributed by atoms with E-state index < -0.39 is 0 Å². The lowest BCUT2D eigenvalue weighted by molar-refractivity contribution is -0.143. The molecule has 0 fully saturated rings. The first-order valence-electron chi connectivity index (χ1n) is 7.76. The summed E-state index contributed by atoms with van der Waals surface area (Å²) in [5.74, 6) is 0.102. The van der Waals surface area contributed by atoms with Gasteiger partial charge in [0, 0.05) is 17.1 Å². The summed E-state index contributed by atoms with van der Waals surface area (Å²) in [6, 6.07) is 1.76. The first-order chi connectivity index (χ1) is 12.1. The number of ketones is 1. The lowest BCUT2D eigenvalue weighted by Gasteiger charge is -2.07. The van der Waals surface area contributed by atoms with E-state index in [0.717, 1.165) is 0 Å². The fourth-order valence-electron chi connectivity index (χ4n) is 2.52. The summed E-state index contributed by atoms with van der Waals surface area (Å²) in [5.41, 5.74) is 1.90. The zero-order valence-corrected chi connectivity index (χ0v) is 13.9. The molecule has 0 aliphatic carbocycles. The number of anilines is 2. The molecule has 3 aromatic rings. The summed E-state index contributed by atoms with van der Waals surface area (Å²) < 4.78 is 6.65. The Hall–Kier alpha value is -3.29. The fraction of sp³-hybridized carbons (Fsp3) is 0.235. The quantitative estimate of drug-likeness (QED) is 0.543. The number of carbonyl (C=O) groups excluding carboxylic acids is 2. The van der Waals surface area contributed by atoms with Crippen LogP contribution in [0.1, 0.15) is 24.2 Å². The minimum absolute atomic E-state index is 0.0264. The number of ether oxygens (including phenoxy) is 1. The van der Waals surface area contributed by atoms with Gasteiger partial charge in [0.05, 0.1) is 36.4 Å². The molecule has 0 bridgehead atoms. The second-order valence-electron chi connectivity index (χ2n) is 5.37. The van der Waals surface area contributed by atoms with Crippen LogP contribution < -0.4 is 5.32 Å². The van der Waals surface area contributed by atoms with Gasteiger partial charge in [0.15, 0.2) is 5.78 Å². The molecule has 128 valence electrons. The number of nitrogens with one attached hydrogen (secondary N) is 1. The average Bonchev–Trinajstić information content (AvgIpc) is 2.94. The Labute approximate surface area is 143 Å². The van der Waals surface area contributed by atoms with Crippen LogP contribution in [0.2, 0.25) is 0 Å². The van der Waals surface area contributed by atoms with Crippen LogP contribution in [-0.4, -0.2) is 37.9 Å². The van der Waals surface area contributed by atoms with Crippen LogP contribution in [0.15, 0.2) is 37.2 Å². The van der Waals surface area contributed by atoms with Crippen LogP contribution in [0.3, 0.4) is 0 Å². The number of nitrogens with zero attached hydrogens (tertiary/aromatic N) is 4. The minimum atomic E-state index is -0.363. The molecule has 25 heavy (non-hydrogen) atoms. The van der Waals surface area contributed by atoms with E-state index in [1.807, 2.05) is 0 Å². The van der Waals surface area contributed by atoms with Gasteiger partial charge in [-0.25, -0.2) is 15.0 Å². The molecule has 3 rings (SSSR count). The first kappa shape index (κ1) is 16.6. The highest BCUT2D eigenvalue weighted by Crippen LogP contribution is 2.25. The molecule has 1 N–H and O–H groups in total. The number of pyridine rings is 1. The summed E-state index contributed by atoms with van der Waals surface area (Å²) in [6.07, 6.45) is 7.95. The van der Waals surface area contributed by atoms with Gasteiger partial charge in [0.25, 0.3) is 0 Å². The van der Waals surface area contributed by atoms with Gasteiger partial charge in [-0.2, -0.15) is 0 Å². The largest absolute Gasteiger partial charge is 0.465 e.